The number of nitrogens with zero attached hydrogens (tertiary/aromatic N) is 2. The number of hydrogen-bond acceptors (Lipinski definition) is 4. The fourth-order valence-corrected chi connectivity index (χ4v) is 3.48. The first-order valence-electron chi connectivity index (χ1n) is 12.0. The van der Waals surface area contributed by atoms with Gasteiger partial charge in [-0.2, -0.15) is 12.8 Å². The van der Waals surface area contributed by atoms with Gasteiger partial charge in [-0.1, -0.05) is 32.8 Å². The Hall–Kier alpha value is -1.86. The minimum absolute atomic E-state index is 0. The Kier molecular flexibility index (Phi) is 14.2. The molecule has 1 amide bonds. The van der Waals surface area contributed by atoms with E-state index < -0.39 is 0 Å². The van der Waals surface area contributed by atoms with Gasteiger partial charge >= 0.3 is 29.6 Å². The molecule has 1 atom stereocenters. The van der Waals surface area contributed by atoms with Crippen molar-refractivity contribution in [3.05, 3.63) is 84.8 Å². The van der Waals surface area contributed by atoms with Crippen LogP contribution in [0.25, 0.3) is 5.41 Å². The van der Waals surface area contributed by atoms with Gasteiger partial charge in [0.15, 0.2) is 0 Å². The molecule has 2 heterocycles. The molecule has 1 unspecified atom stereocenters. The predicted molar refractivity (Wildman–Crippen MR) is 138 cm³/mol. The zero-order valence-corrected chi connectivity index (χ0v) is 23.7. The van der Waals surface area contributed by atoms with Crippen molar-refractivity contribution in [3.8, 4) is 5.75 Å². The van der Waals surface area contributed by atoms with Gasteiger partial charge in [-0.15, -0.1) is 12.2 Å². The van der Waals surface area contributed by atoms with Gasteiger partial charge in [0.25, 0.3) is 5.91 Å². The van der Waals surface area contributed by atoms with Crippen molar-refractivity contribution in [2.24, 2.45) is 5.92 Å². The van der Waals surface area contributed by atoms with Crippen molar-refractivity contribution in [2.75, 3.05) is 26.3 Å². The van der Waals surface area contributed by atoms with Crippen molar-refractivity contribution in [1.29, 1.82) is 0 Å². The molecule has 2 aliphatic heterocycles. The molecule has 6 nitrogen and oxygen atoms in total. The van der Waals surface area contributed by atoms with Crippen LogP contribution in [0, 0.1) is 26.3 Å². The average molecular weight is 487 g/mol. The Morgan fingerprint density at radius 1 is 1.23 bits per heavy atom. The molecule has 1 fully saturated rings. The van der Waals surface area contributed by atoms with Crippen molar-refractivity contribution < 1.29 is 43.8 Å². The zero-order valence-electron chi connectivity index (χ0n) is 21.7. The number of allylic oxidation sites excluding steroid dienone is 3. The van der Waals surface area contributed by atoms with Crippen molar-refractivity contribution >= 4 is 11.6 Å². The Bertz CT molecular complexity index is 922. The summed E-state index contributed by atoms with van der Waals surface area (Å²) in [6.07, 6.45) is 6.16. The molecule has 0 radical (unpaired) electrons. The number of fused-ring (bicyclic) bond motifs is 6. The molecular weight excluding hydrogens is 449 g/mol. The molecule has 186 valence electrons. The molecule has 1 aliphatic carbocycles. The van der Waals surface area contributed by atoms with Crippen molar-refractivity contribution in [1.82, 2.24) is 10.2 Å². The third-order valence-corrected chi connectivity index (χ3v) is 5.67. The number of nitrogens with one attached hydrogen (secondary N) is 1. The molecule has 1 N–H and O–H groups in total. The van der Waals surface area contributed by atoms with Crippen LogP contribution in [0.4, 0.5) is 0 Å². The van der Waals surface area contributed by atoms with E-state index in [4.69, 9.17) is 16.1 Å². The fourth-order valence-electron chi connectivity index (χ4n) is 3.48. The first-order valence-corrected chi connectivity index (χ1v) is 12.0. The number of carbonyl (C=O) groups is 1. The maximum absolute atomic E-state index is 12.7. The van der Waals surface area contributed by atoms with Gasteiger partial charge < -0.3 is 38.9 Å². The summed E-state index contributed by atoms with van der Waals surface area (Å²) in [5, 5.41) is 12.9. The zero-order chi connectivity index (χ0) is 25.1. The van der Waals surface area contributed by atoms with E-state index in [1.807, 2.05) is 19.9 Å². The SMILES string of the molecule is CC.[CH-]=C1C=C2NC(=O)c3cccc(c3)OCCOC3CCN(C3)C2=CC1=[N-].[CH2-]CC(C)C[CH2-].[Na+]. The second kappa shape index (κ2) is 16.0. The summed E-state index contributed by atoms with van der Waals surface area (Å²) in [7, 11) is 0. The van der Waals surface area contributed by atoms with Crippen LogP contribution in [0.3, 0.4) is 0 Å². The standard InChI is InChI=1S/C20H19N3O3.C6H12.C2H6.Na/c1-13-9-18-19(11-17(13)21)23-6-5-16(12-23)26-8-7-25-15-4-2-3-14(10-15)20(24)22-18;1-4-6(3)5-2;1-2;/h1-4,9-11,16H,5-8,12H2,(H,22,24);6H,1-2,4-5H2,3H3;1-2H3;/q2*-2;;+1. The van der Waals surface area contributed by atoms with Crippen LogP contribution in [0.1, 0.15) is 50.4 Å². The maximum atomic E-state index is 12.7. The van der Waals surface area contributed by atoms with Gasteiger partial charge in [-0.25, -0.2) is 12.2 Å². The summed E-state index contributed by atoms with van der Waals surface area (Å²) in [6, 6.07) is 7.00. The van der Waals surface area contributed by atoms with E-state index in [9.17, 15) is 10.2 Å². The Morgan fingerprint density at radius 3 is 2.60 bits per heavy atom. The summed E-state index contributed by atoms with van der Waals surface area (Å²) < 4.78 is 11.6. The van der Waals surface area contributed by atoms with Crippen LogP contribution in [-0.2, 0) is 4.74 Å². The van der Waals surface area contributed by atoms with E-state index in [1.54, 1.807) is 30.4 Å². The van der Waals surface area contributed by atoms with E-state index >= 15 is 0 Å². The molecule has 0 saturated carbocycles. The Balaban J connectivity index is 0.000000599. The van der Waals surface area contributed by atoms with Crippen molar-refractivity contribution in [2.45, 2.75) is 46.1 Å². The first-order chi connectivity index (χ1) is 16.4. The summed E-state index contributed by atoms with van der Waals surface area (Å²) in [5.41, 5.74) is 2.00. The monoisotopic (exact) mass is 486 g/mol. The Morgan fingerprint density at radius 2 is 1.94 bits per heavy atom. The molecule has 0 spiro atoms. The summed E-state index contributed by atoms with van der Waals surface area (Å²) in [5.74, 6) is 1.08. The molecule has 4 bridgehead atoms. The van der Waals surface area contributed by atoms with Crippen molar-refractivity contribution in [3.63, 3.8) is 0 Å². The van der Waals surface area contributed by atoms with Gasteiger partial charge in [0.05, 0.1) is 12.7 Å². The van der Waals surface area contributed by atoms with E-state index in [-0.39, 0.29) is 52.9 Å². The van der Waals surface area contributed by atoms with Gasteiger partial charge in [0, 0.05) is 30.0 Å². The van der Waals surface area contributed by atoms with Crippen LogP contribution in [-0.4, -0.2) is 48.9 Å². The van der Waals surface area contributed by atoms with Gasteiger partial charge in [-0.05, 0) is 24.6 Å². The third kappa shape index (κ3) is 9.26. The molecular formula is C28H37N3NaO3-3. The summed E-state index contributed by atoms with van der Waals surface area (Å²) in [4.78, 5) is 14.8. The maximum Gasteiger partial charge on any atom is 1.00 e. The second-order valence-electron chi connectivity index (χ2n) is 8.17. The second-order valence-corrected chi connectivity index (χ2v) is 8.17. The number of amides is 1. The van der Waals surface area contributed by atoms with E-state index in [1.165, 1.54) is 0 Å². The van der Waals surface area contributed by atoms with Gasteiger partial charge in [-0.3, -0.25) is 10.5 Å². The largest absolute Gasteiger partial charge is 1.00 e. The number of ether oxygens (including phenoxy) is 2. The molecule has 0 aromatic heterocycles. The summed E-state index contributed by atoms with van der Waals surface area (Å²) in [6.45, 7) is 21.8. The minimum atomic E-state index is -0.258. The molecule has 1 aromatic rings. The topological polar surface area (TPSA) is 73.1 Å². The van der Waals surface area contributed by atoms with Crippen LogP contribution >= 0.6 is 0 Å². The Labute approximate surface area is 233 Å². The van der Waals surface area contributed by atoms with Crippen LogP contribution < -0.4 is 39.6 Å². The van der Waals surface area contributed by atoms with Gasteiger partial charge in [0.1, 0.15) is 12.4 Å². The quantitative estimate of drug-likeness (QED) is 0.514. The first kappa shape index (κ1) is 31.2. The molecule has 1 aromatic carbocycles. The molecule has 35 heavy (non-hydrogen) atoms. The van der Waals surface area contributed by atoms with Crippen LogP contribution in [0.2, 0.25) is 0 Å². The third-order valence-electron chi connectivity index (χ3n) is 5.67. The molecule has 7 heteroatoms. The van der Waals surface area contributed by atoms with E-state index in [2.05, 4.69) is 31.0 Å². The molecule has 1 saturated heterocycles. The number of hydrogen-bond donors (Lipinski definition) is 1. The van der Waals surface area contributed by atoms with Crippen LogP contribution in [0.5, 0.6) is 5.75 Å². The average Bonchev–Trinajstić information content (AvgIpc) is 3.33. The van der Waals surface area contributed by atoms with Crippen LogP contribution in [0.15, 0.2) is 53.4 Å². The number of benzene rings is 1. The fraction of sp³-hybridized carbons (Fsp3) is 0.429. The van der Waals surface area contributed by atoms with E-state index in [0.29, 0.717) is 42.7 Å². The van der Waals surface area contributed by atoms with Gasteiger partial charge in [0.2, 0.25) is 0 Å². The van der Waals surface area contributed by atoms with E-state index in [0.717, 1.165) is 31.5 Å². The predicted octanol–water partition coefficient (Wildman–Crippen LogP) is 2.15. The minimum Gasteiger partial charge on any atom is -0.872 e. The number of carbonyl (C=O) groups excluding carboxylic acids is 1. The molecule has 4 rings (SSSR count). The molecule has 3 aliphatic rings. The summed E-state index contributed by atoms with van der Waals surface area (Å²) >= 11 is 0. The normalized spacial score (nSPS) is 19.2. The number of rotatable bonds is 2. The smallest absolute Gasteiger partial charge is 0.872 e.